The van der Waals surface area contributed by atoms with E-state index >= 15 is 0 Å². The number of aromatic hydroxyl groups is 1. The monoisotopic (exact) mass is 301 g/mol. The van der Waals surface area contributed by atoms with Crippen LogP contribution in [0.3, 0.4) is 0 Å². The summed E-state index contributed by atoms with van der Waals surface area (Å²) < 4.78 is 15.8. The molecule has 0 aliphatic carbocycles. The fraction of sp³-hybridized carbons (Fsp3) is 0.188. The molecule has 1 N–H and O–H groups in total. The van der Waals surface area contributed by atoms with Gasteiger partial charge in [0.1, 0.15) is 23.0 Å². The van der Waals surface area contributed by atoms with Gasteiger partial charge in [0.05, 0.1) is 25.6 Å². The highest BCUT2D eigenvalue weighted by Crippen LogP contribution is 2.43. The fourth-order valence-corrected chi connectivity index (χ4v) is 2.33. The number of phenols is 1. The summed E-state index contributed by atoms with van der Waals surface area (Å²) in [4.78, 5) is 13.7. The summed E-state index contributed by atoms with van der Waals surface area (Å²) >= 11 is 0. The molecule has 3 rings (SSSR count). The van der Waals surface area contributed by atoms with Crippen LogP contribution in [0.15, 0.2) is 36.4 Å². The minimum absolute atomic E-state index is 0.0159. The Morgan fingerprint density at radius 3 is 2.45 bits per heavy atom. The lowest BCUT2D eigenvalue weighted by Crippen LogP contribution is -2.35. The van der Waals surface area contributed by atoms with Crippen molar-refractivity contribution in [3.8, 4) is 23.0 Å². The summed E-state index contributed by atoms with van der Waals surface area (Å²) in [6, 6.07) is 9.85. The molecule has 1 aliphatic heterocycles. The summed E-state index contributed by atoms with van der Waals surface area (Å²) in [7, 11) is 3.08. The Hall–Kier alpha value is -2.89. The molecule has 1 heterocycles. The van der Waals surface area contributed by atoms with Crippen LogP contribution in [-0.4, -0.2) is 31.8 Å². The van der Waals surface area contributed by atoms with Gasteiger partial charge in [-0.1, -0.05) is 0 Å². The largest absolute Gasteiger partial charge is 0.506 e. The van der Waals surface area contributed by atoms with Crippen LogP contribution in [0.2, 0.25) is 0 Å². The van der Waals surface area contributed by atoms with Gasteiger partial charge in [0.2, 0.25) is 0 Å². The summed E-state index contributed by atoms with van der Waals surface area (Å²) in [6.07, 6.45) is 0. The van der Waals surface area contributed by atoms with Crippen molar-refractivity contribution < 1.29 is 24.1 Å². The number of ether oxygens (including phenoxy) is 3. The molecule has 0 spiro atoms. The third-order valence-corrected chi connectivity index (χ3v) is 3.43. The molecule has 2 aromatic rings. The molecule has 0 unspecified atom stereocenters. The average Bonchev–Trinajstić information content (AvgIpc) is 2.55. The number of carbonyl (C=O) groups is 1. The van der Waals surface area contributed by atoms with Gasteiger partial charge in [-0.05, 0) is 24.3 Å². The van der Waals surface area contributed by atoms with E-state index < -0.39 is 0 Å². The van der Waals surface area contributed by atoms with E-state index in [1.54, 1.807) is 37.4 Å². The van der Waals surface area contributed by atoms with Crippen molar-refractivity contribution in [3.05, 3.63) is 36.4 Å². The molecule has 0 aromatic heterocycles. The normalized spacial score (nSPS) is 13.4. The third-order valence-electron chi connectivity index (χ3n) is 3.43. The summed E-state index contributed by atoms with van der Waals surface area (Å²) in [6.45, 7) is -0.114. The van der Waals surface area contributed by atoms with Gasteiger partial charge in [-0.2, -0.15) is 0 Å². The Kier molecular flexibility index (Phi) is 3.50. The quantitative estimate of drug-likeness (QED) is 0.943. The molecule has 1 aliphatic rings. The number of fused-ring (bicyclic) bond motifs is 1. The Morgan fingerprint density at radius 2 is 1.73 bits per heavy atom. The van der Waals surface area contributed by atoms with Crippen LogP contribution in [0, 0.1) is 0 Å². The zero-order chi connectivity index (χ0) is 15.7. The van der Waals surface area contributed by atoms with Crippen LogP contribution in [0.1, 0.15) is 0 Å². The highest BCUT2D eigenvalue weighted by Gasteiger charge is 2.29. The zero-order valence-corrected chi connectivity index (χ0v) is 12.2. The van der Waals surface area contributed by atoms with Gasteiger partial charge in [0.25, 0.3) is 5.91 Å². The number of carbonyl (C=O) groups excluding carboxylic acids is 1. The fourth-order valence-electron chi connectivity index (χ4n) is 2.33. The maximum Gasteiger partial charge on any atom is 0.269 e. The van der Waals surface area contributed by atoms with Crippen LogP contribution in [0.4, 0.5) is 11.4 Å². The second kappa shape index (κ2) is 5.48. The second-order valence-electron chi connectivity index (χ2n) is 4.71. The number of hydrogen-bond donors (Lipinski definition) is 1. The highest BCUT2D eigenvalue weighted by molar-refractivity contribution is 6.05. The first-order valence-electron chi connectivity index (χ1n) is 6.65. The van der Waals surface area contributed by atoms with Crippen molar-refractivity contribution in [2.75, 3.05) is 25.7 Å². The van der Waals surface area contributed by atoms with E-state index in [1.807, 2.05) is 0 Å². The van der Waals surface area contributed by atoms with Gasteiger partial charge in [-0.25, -0.2) is 0 Å². The van der Waals surface area contributed by atoms with Crippen LogP contribution in [-0.2, 0) is 4.79 Å². The van der Waals surface area contributed by atoms with Crippen LogP contribution >= 0.6 is 0 Å². The molecule has 6 heteroatoms. The number of anilines is 2. The number of rotatable bonds is 3. The number of benzene rings is 2. The van der Waals surface area contributed by atoms with Crippen LogP contribution < -0.4 is 19.1 Å². The average molecular weight is 301 g/mol. The van der Waals surface area contributed by atoms with E-state index in [9.17, 15) is 9.90 Å². The van der Waals surface area contributed by atoms with Crippen molar-refractivity contribution >= 4 is 17.3 Å². The SMILES string of the molecule is COc1ccc2c(c1)OCC(=O)N2c1cc(OC)ccc1O. The zero-order valence-electron chi connectivity index (χ0n) is 12.2. The third kappa shape index (κ3) is 2.28. The topological polar surface area (TPSA) is 68.2 Å². The van der Waals surface area contributed by atoms with Crippen molar-refractivity contribution in [2.24, 2.45) is 0 Å². The van der Waals surface area contributed by atoms with Crippen LogP contribution in [0.25, 0.3) is 0 Å². The Balaban J connectivity index is 2.13. The molecule has 0 bridgehead atoms. The number of amides is 1. The van der Waals surface area contributed by atoms with E-state index in [2.05, 4.69) is 0 Å². The smallest absolute Gasteiger partial charge is 0.269 e. The molecule has 0 fully saturated rings. The maximum absolute atomic E-state index is 12.3. The van der Waals surface area contributed by atoms with E-state index in [0.29, 0.717) is 28.6 Å². The molecule has 0 saturated carbocycles. The van der Waals surface area contributed by atoms with Gasteiger partial charge in [0.15, 0.2) is 6.61 Å². The molecule has 1 amide bonds. The molecule has 0 saturated heterocycles. The Bertz CT molecular complexity index is 728. The van der Waals surface area contributed by atoms with E-state index in [4.69, 9.17) is 14.2 Å². The van der Waals surface area contributed by atoms with Gasteiger partial charge in [-0.3, -0.25) is 9.69 Å². The Labute approximate surface area is 127 Å². The lowest BCUT2D eigenvalue weighted by atomic mass is 10.1. The first kappa shape index (κ1) is 14.1. The predicted molar refractivity (Wildman–Crippen MR) is 80.3 cm³/mol. The standard InChI is InChI=1S/C16H15NO5/c1-20-10-4-6-14(18)13(7-10)17-12-5-3-11(21-2)8-15(12)22-9-16(17)19/h3-8,18H,9H2,1-2H3. The first-order chi connectivity index (χ1) is 10.6. The first-order valence-corrected chi connectivity index (χ1v) is 6.65. The lowest BCUT2D eigenvalue weighted by Gasteiger charge is -2.30. The van der Waals surface area contributed by atoms with Gasteiger partial charge in [0, 0.05) is 12.1 Å². The Morgan fingerprint density at radius 1 is 1.05 bits per heavy atom. The molecular formula is C16H15NO5. The van der Waals surface area contributed by atoms with Crippen molar-refractivity contribution in [1.29, 1.82) is 0 Å². The molecule has 0 atom stereocenters. The van der Waals surface area contributed by atoms with Crippen molar-refractivity contribution in [1.82, 2.24) is 0 Å². The second-order valence-corrected chi connectivity index (χ2v) is 4.71. The number of methoxy groups -OCH3 is 2. The summed E-state index contributed by atoms with van der Waals surface area (Å²) in [5.41, 5.74) is 0.889. The van der Waals surface area contributed by atoms with E-state index in [0.717, 1.165) is 0 Å². The lowest BCUT2D eigenvalue weighted by molar-refractivity contribution is -0.120. The van der Waals surface area contributed by atoms with Crippen LogP contribution in [0.5, 0.6) is 23.0 Å². The number of nitrogens with zero attached hydrogens (tertiary/aromatic N) is 1. The molecule has 0 radical (unpaired) electrons. The minimum Gasteiger partial charge on any atom is -0.506 e. The molecule has 114 valence electrons. The molecule has 22 heavy (non-hydrogen) atoms. The van der Waals surface area contributed by atoms with Crippen molar-refractivity contribution in [3.63, 3.8) is 0 Å². The molecular weight excluding hydrogens is 286 g/mol. The highest BCUT2D eigenvalue weighted by atomic mass is 16.5. The maximum atomic E-state index is 12.3. The van der Waals surface area contributed by atoms with Gasteiger partial charge in [-0.15, -0.1) is 0 Å². The van der Waals surface area contributed by atoms with Gasteiger partial charge >= 0.3 is 0 Å². The predicted octanol–water partition coefficient (Wildman–Crippen LogP) is 2.47. The molecule has 2 aromatic carbocycles. The summed E-state index contributed by atoms with van der Waals surface area (Å²) in [5.74, 6) is 1.39. The number of phenolic OH excluding ortho intramolecular Hbond substituents is 1. The molecule has 6 nitrogen and oxygen atoms in total. The van der Waals surface area contributed by atoms with E-state index in [-0.39, 0.29) is 18.3 Å². The summed E-state index contributed by atoms with van der Waals surface area (Å²) in [5, 5.41) is 10.1. The van der Waals surface area contributed by atoms with Crippen molar-refractivity contribution in [2.45, 2.75) is 0 Å². The number of hydrogen-bond acceptors (Lipinski definition) is 5. The minimum atomic E-state index is -0.277. The van der Waals surface area contributed by atoms with E-state index in [1.165, 1.54) is 18.1 Å². The van der Waals surface area contributed by atoms with Gasteiger partial charge < -0.3 is 19.3 Å².